The van der Waals surface area contributed by atoms with Crippen LogP contribution in [0.15, 0.2) is 47.4 Å². The lowest BCUT2D eigenvalue weighted by atomic mass is 10.3. The number of hydrogen-bond acceptors (Lipinski definition) is 4. The number of para-hydroxylation sites is 2. The van der Waals surface area contributed by atoms with Crippen LogP contribution in [0.25, 0.3) is 0 Å². The van der Waals surface area contributed by atoms with Gasteiger partial charge in [0.25, 0.3) is 0 Å². The molecule has 0 amide bonds. The van der Waals surface area contributed by atoms with Crippen LogP contribution in [0.1, 0.15) is 0 Å². The number of sulfonamides is 1. The molecule has 5 nitrogen and oxygen atoms in total. The molecule has 0 aliphatic rings. The molecule has 0 heterocycles. The Hall–Kier alpha value is -2.19. The molecule has 0 bridgehead atoms. The number of nitrogens with one attached hydrogen (secondary N) is 1. The summed E-state index contributed by atoms with van der Waals surface area (Å²) in [4.78, 5) is -0.615. The topological polar surface area (TPSA) is 64.6 Å². The lowest BCUT2D eigenvalue weighted by Gasteiger charge is -2.11. The monoisotopic (exact) mass is 343 g/mol. The molecule has 23 heavy (non-hydrogen) atoms. The van der Waals surface area contributed by atoms with E-state index in [4.69, 9.17) is 9.47 Å². The third-order valence-corrected chi connectivity index (χ3v) is 4.40. The first-order chi connectivity index (χ1) is 10.9. The van der Waals surface area contributed by atoms with Crippen molar-refractivity contribution in [2.75, 3.05) is 20.3 Å². The average molecular weight is 343 g/mol. The molecule has 2 rings (SSSR count). The van der Waals surface area contributed by atoms with Crippen molar-refractivity contribution in [3.8, 4) is 11.5 Å². The maximum Gasteiger partial charge on any atom is 0.243 e. The van der Waals surface area contributed by atoms with Crippen molar-refractivity contribution in [2.45, 2.75) is 4.90 Å². The van der Waals surface area contributed by atoms with Crippen LogP contribution in [0.2, 0.25) is 0 Å². The molecule has 0 fully saturated rings. The number of ether oxygens (including phenoxy) is 2. The Morgan fingerprint density at radius 2 is 1.78 bits per heavy atom. The van der Waals surface area contributed by atoms with Crippen LogP contribution in [0, 0.1) is 11.6 Å². The molecular formula is C15H15F2NO4S. The SMILES string of the molecule is COc1ccccc1OCCNS(=O)(=O)c1ccc(F)cc1F. The van der Waals surface area contributed by atoms with E-state index in [0.717, 1.165) is 12.1 Å². The normalized spacial score (nSPS) is 11.3. The first kappa shape index (κ1) is 17.2. The second kappa shape index (κ2) is 7.38. The molecule has 8 heteroatoms. The van der Waals surface area contributed by atoms with E-state index in [1.54, 1.807) is 24.3 Å². The van der Waals surface area contributed by atoms with E-state index in [1.165, 1.54) is 7.11 Å². The zero-order valence-corrected chi connectivity index (χ0v) is 13.1. The molecule has 0 aliphatic carbocycles. The van der Waals surface area contributed by atoms with Gasteiger partial charge in [0, 0.05) is 12.6 Å². The van der Waals surface area contributed by atoms with Gasteiger partial charge in [-0.05, 0) is 24.3 Å². The van der Waals surface area contributed by atoms with Crippen molar-refractivity contribution >= 4 is 10.0 Å². The third-order valence-electron chi connectivity index (χ3n) is 2.90. The third kappa shape index (κ3) is 4.40. The zero-order valence-electron chi connectivity index (χ0n) is 12.3. The van der Waals surface area contributed by atoms with E-state index >= 15 is 0 Å². The second-order valence-corrected chi connectivity index (χ2v) is 6.21. The van der Waals surface area contributed by atoms with Gasteiger partial charge in [-0.15, -0.1) is 0 Å². The number of benzene rings is 2. The van der Waals surface area contributed by atoms with Crippen LogP contribution >= 0.6 is 0 Å². The second-order valence-electron chi connectivity index (χ2n) is 4.47. The predicted molar refractivity (Wildman–Crippen MR) is 80.0 cm³/mol. The highest BCUT2D eigenvalue weighted by molar-refractivity contribution is 7.89. The van der Waals surface area contributed by atoms with E-state index in [9.17, 15) is 17.2 Å². The largest absolute Gasteiger partial charge is 0.493 e. The number of halogens is 2. The fourth-order valence-electron chi connectivity index (χ4n) is 1.85. The molecule has 0 radical (unpaired) electrons. The molecule has 0 saturated carbocycles. The van der Waals surface area contributed by atoms with Crippen LogP contribution in [0.4, 0.5) is 8.78 Å². The van der Waals surface area contributed by atoms with Crippen molar-refractivity contribution in [3.63, 3.8) is 0 Å². The maximum atomic E-state index is 13.5. The molecule has 0 spiro atoms. The van der Waals surface area contributed by atoms with Crippen molar-refractivity contribution in [2.24, 2.45) is 0 Å². The lowest BCUT2D eigenvalue weighted by molar-refractivity contribution is 0.298. The molecular weight excluding hydrogens is 328 g/mol. The standard InChI is InChI=1S/C15H15F2NO4S/c1-21-13-4-2-3-5-14(13)22-9-8-18-23(19,20)15-7-6-11(16)10-12(15)17/h2-7,10,18H,8-9H2,1H3. The first-order valence-electron chi connectivity index (χ1n) is 6.64. The van der Waals surface area contributed by atoms with Crippen molar-refractivity contribution < 1.29 is 26.7 Å². The van der Waals surface area contributed by atoms with Gasteiger partial charge >= 0.3 is 0 Å². The molecule has 0 saturated heterocycles. The average Bonchev–Trinajstić information content (AvgIpc) is 2.51. The van der Waals surface area contributed by atoms with Gasteiger partial charge in [0.15, 0.2) is 11.5 Å². The fraction of sp³-hybridized carbons (Fsp3) is 0.200. The van der Waals surface area contributed by atoms with Crippen molar-refractivity contribution in [1.29, 1.82) is 0 Å². The molecule has 0 atom stereocenters. The minimum Gasteiger partial charge on any atom is -0.493 e. The van der Waals surface area contributed by atoms with Crippen LogP contribution in [0.5, 0.6) is 11.5 Å². The summed E-state index contributed by atoms with van der Waals surface area (Å²) in [6.07, 6.45) is 0. The van der Waals surface area contributed by atoms with Crippen LogP contribution < -0.4 is 14.2 Å². The van der Waals surface area contributed by atoms with Crippen LogP contribution in [-0.4, -0.2) is 28.7 Å². The number of methoxy groups -OCH3 is 1. The predicted octanol–water partition coefficient (Wildman–Crippen LogP) is 2.33. The summed E-state index contributed by atoms with van der Waals surface area (Å²) < 4.78 is 62.9. The summed E-state index contributed by atoms with van der Waals surface area (Å²) in [6, 6.07) is 9.15. The van der Waals surface area contributed by atoms with E-state index < -0.39 is 26.6 Å². The lowest BCUT2D eigenvalue weighted by Crippen LogP contribution is -2.29. The molecule has 1 N–H and O–H groups in total. The highest BCUT2D eigenvalue weighted by Gasteiger charge is 2.19. The van der Waals surface area contributed by atoms with E-state index in [0.29, 0.717) is 17.6 Å². The van der Waals surface area contributed by atoms with Gasteiger partial charge in [0.1, 0.15) is 23.1 Å². The highest BCUT2D eigenvalue weighted by Crippen LogP contribution is 2.25. The Morgan fingerprint density at radius 1 is 1.09 bits per heavy atom. The Morgan fingerprint density at radius 3 is 2.43 bits per heavy atom. The van der Waals surface area contributed by atoms with Gasteiger partial charge in [-0.1, -0.05) is 12.1 Å². The molecule has 0 unspecified atom stereocenters. The summed E-state index contributed by atoms with van der Waals surface area (Å²) in [5, 5.41) is 0. The minimum absolute atomic E-state index is 0.0163. The summed E-state index contributed by atoms with van der Waals surface area (Å²) in [5.74, 6) is -1.02. The van der Waals surface area contributed by atoms with E-state index in [2.05, 4.69) is 4.72 Å². The summed E-state index contributed by atoms with van der Waals surface area (Å²) in [5.41, 5.74) is 0. The Labute approximate surface area is 132 Å². The van der Waals surface area contributed by atoms with Crippen molar-refractivity contribution in [1.82, 2.24) is 4.72 Å². The first-order valence-corrected chi connectivity index (χ1v) is 8.13. The summed E-state index contributed by atoms with van der Waals surface area (Å²) in [6.45, 7) is -0.0698. The fourth-order valence-corrected chi connectivity index (χ4v) is 2.92. The number of hydrogen-bond donors (Lipinski definition) is 1. The molecule has 124 valence electrons. The Kier molecular flexibility index (Phi) is 5.51. The van der Waals surface area contributed by atoms with Gasteiger partial charge in [0.05, 0.1) is 7.11 Å². The summed E-state index contributed by atoms with van der Waals surface area (Å²) in [7, 11) is -2.59. The van der Waals surface area contributed by atoms with Gasteiger partial charge in [-0.25, -0.2) is 21.9 Å². The molecule has 2 aromatic rings. The Bertz CT molecular complexity index is 781. The molecule has 0 aliphatic heterocycles. The Balaban J connectivity index is 1.95. The van der Waals surface area contributed by atoms with Crippen LogP contribution in [0.3, 0.4) is 0 Å². The molecule has 2 aromatic carbocycles. The van der Waals surface area contributed by atoms with Gasteiger partial charge in [-0.3, -0.25) is 0 Å². The maximum absolute atomic E-state index is 13.5. The quantitative estimate of drug-likeness (QED) is 0.784. The zero-order chi connectivity index (χ0) is 16.9. The number of rotatable bonds is 7. The minimum atomic E-state index is -4.08. The highest BCUT2D eigenvalue weighted by atomic mass is 32.2. The van der Waals surface area contributed by atoms with Crippen LogP contribution in [-0.2, 0) is 10.0 Å². The molecule has 0 aromatic heterocycles. The van der Waals surface area contributed by atoms with Gasteiger partial charge < -0.3 is 9.47 Å². The van der Waals surface area contributed by atoms with Crippen molar-refractivity contribution in [3.05, 3.63) is 54.1 Å². The van der Waals surface area contributed by atoms with Gasteiger partial charge in [-0.2, -0.15) is 0 Å². The van der Waals surface area contributed by atoms with E-state index in [-0.39, 0.29) is 13.2 Å². The van der Waals surface area contributed by atoms with E-state index in [1.807, 2.05) is 0 Å². The van der Waals surface area contributed by atoms with Gasteiger partial charge in [0.2, 0.25) is 10.0 Å². The smallest absolute Gasteiger partial charge is 0.243 e. The summed E-state index contributed by atoms with van der Waals surface area (Å²) >= 11 is 0.